The summed E-state index contributed by atoms with van der Waals surface area (Å²) >= 11 is 0. The molecule has 2 aromatic rings. The Morgan fingerprint density at radius 2 is 2.16 bits per heavy atom. The third kappa shape index (κ3) is 3.95. The molecular weight excluding hydrogens is 250 g/mol. The van der Waals surface area contributed by atoms with E-state index in [1.54, 1.807) is 10.9 Å². The number of imidazole rings is 1. The molecule has 102 valence electrons. The number of hydrogen-bond acceptors (Lipinski definition) is 5. The van der Waals surface area contributed by atoms with E-state index < -0.39 is 5.97 Å². The van der Waals surface area contributed by atoms with Gasteiger partial charge in [-0.15, -0.1) is 0 Å². The molecule has 0 spiro atoms. The minimum Gasteiger partial charge on any atom is -0.481 e. The first-order chi connectivity index (χ1) is 8.81. The smallest absolute Gasteiger partial charge is 0.300 e. The highest BCUT2D eigenvalue weighted by atomic mass is 16.4. The fourth-order valence-corrected chi connectivity index (χ4v) is 1.38. The molecule has 0 fully saturated rings. The van der Waals surface area contributed by atoms with Gasteiger partial charge in [-0.3, -0.25) is 14.6 Å². The lowest BCUT2D eigenvalue weighted by atomic mass is 10.3. The van der Waals surface area contributed by atoms with Gasteiger partial charge in [0.2, 0.25) is 5.95 Å². The van der Waals surface area contributed by atoms with Crippen molar-refractivity contribution in [2.45, 2.75) is 20.4 Å². The zero-order chi connectivity index (χ0) is 14.6. The first-order valence-corrected chi connectivity index (χ1v) is 5.35. The first kappa shape index (κ1) is 14.4. The van der Waals surface area contributed by atoms with Crippen LogP contribution in [-0.2, 0) is 11.3 Å². The summed E-state index contributed by atoms with van der Waals surface area (Å²) in [4.78, 5) is 30.8. The van der Waals surface area contributed by atoms with Crippen molar-refractivity contribution in [1.82, 2.24) is 19.5 Å². The molecule has 8 nitrogen and oxygen atoms in total. The van der Waals surface area contributed by atoms with Gasteiger partial charge < -0.3 is 15.4 Å². The van der Waals surface area contributed by atoms with Gasteiger partial charge in [-0.05, 0) is 6.92 Å². The third-order valence-electron chi connectivity index (χ3n) is 1.93. The Hall–Kier alpha value is -2.64. The summed E-state index contributed by atoms with van der Waals surface area (Å²) in [7, 11) is 0. The standard InChI is InChI=1S/C9H11N5O.C2H4O2/c1-5(2)3-14-4-11-6-7(14)12-9(10)13-8(6)15;1-2(3)4/h4H,1,3H2,2H3,(H3,10,12,13,15);1H3,(H,3,4). The SMILES string of the molecule is C=C(C)Cn1cnc2c(=O)[nH]c(N)nc21.CC(=O)O. The monoisotopic (exact) mass is 265 g/mol. The minimum absolute atomic E-state index is 0.0935. The molecule has 0 radical (unpaired) electrons. The molecule has 2 rings (SSSR count). The molecule has 0 atom stereocenters. The van der Waals surface area contributed by atoms with E-state index >= 15 is 0 Å². The van der Waals surface area contributed by atoms with Gasteiger partial charge in [0.05, 0.1) is 6.33 Å². The van der Waals surface area contributed by atoms with E-state index in [1.165, 1.54) is 0 Å². The van der Waals surface area contributed by atoms with Gasteiger partial charge in [-0.25, -0.2) is 4.98 Å². The van der Waals surface area contributed by atoms with Crippen LogP contribution in [0.2, 0.25) is 0 Å². The molecule has 0 aliphatic carbocycles. The number of nitrogens with two attached hydrogens (primary N) is 1. The quantitative estimate of drug-likeness (QED) is 0.673. The van der Waals surface area contributed by atoms with E-state index in [1.807, 2.05) is 6.92 Å². The van der Waals surface area contributed by atoms with Gasteiger partial charge in [0.15, 0.2) is 11.2 Å². The number of anilines is 1. The summed E-state index contributed by atoms with van der Waals surface area (Å²) < 4.78 is 1.74. The second-order valence-electron chi connectivity index (χ2n) is 3.97. The Labute approximate surface area is 108 Å². The van der Waals surface area contributed by atoms with Crippen LogP contribution in [0.15, 0.2) is 23.3 Å². The molecule has 2 aromatic heterocycles. The van der Waals surface area contributed by atoms with Crippen LogP contribution in [0, 0.1) is 0 Å². The number of aromatic nitrogens is 4. The minimum atomic E-state index is -0.833. The highest BCUT2D eigenvalue weighted by molar-refractivity contribution is 5.70. The lowest BCUT2D eigenvalue weighted by Gasteiger charge is -2.02. The second-order valence-corrected chi connectivity index (χ2v) is 3.97. The second kappa shape index (κ2) is 5.80. The van der Waals surface area contributed by atoms with Crippen molar-refractivity contribution in [3.8, 4) is 0 Å². The van der Waals surface area contributed by atoms with Crippen molar-refractivity contribution >= 4 is 23.1 Å². The number of carbonyl (C=O) groups is 1. The summed E-state index contributed by atoms with van der Waals surface area (Å²) in [5, 5.41) is 7.42. The lowest BCUT2D eigenvalue weighted by molar-refractivity contribution is -0.134. The molecule has 0 amide bonds. The largest absolute Gasteiger partial charge is 0.481 e. The van der Waals surface area contributed by atoms with Crippen molar-refractivity contribution in [1.29, 1.82) is 0 Å². The van der Waals surface area contributed by atoms with Crippen LogP contribution in [0.5, 0.6) is 0 Å². The normalized spacial score (nSPS) is 9.79. The summed E-state index contributed by atoms with van der Waals surface area (Å²) in [6.07, 6.45) is 1.56. The molecule has 8 heteroatoms. The number of carboxylic acids is 1. The van der Waals surface area contributed by atoms with E-state index in [9.17, 15) is 4.79 Å². The van der Waals surface area contributed by atoms with E-state index in [4.69, 9.17) is 15.6 Å². The summed E-state index contributed by atoms with van der Waals surface area (Å²) in [6.45, 7) is 7.34. The lowest BCUT2D eigenvalue weighted by Crippen LogP contribution is -2.12. The summed E-state index contributed by atoms with van der Waals surface area (Å²) in [6, 6.07) is 0. The number of nitrogens with zero attached hydrogens (tertiary/aromatic N) is 3. The summed E-state index contributed by atoms with van der Waals surface area (Å²) in [5.41, 5.74) is 6.87. The number of nitrogens with one attached hydrogen (secondary N) is 1. The fraction of sp³-hybridized carbons (Fsp3) is 0.273. The number of H-pyrrole nitrogens is 1. The zero-order valence-electron chi connectivity index (χ0n) is 10.7. The predicted molar refractivity (Wildman–Crippen MR) is 70.7 cm³/mol. The van der Waals surface area contributed by atoms with Gasteiger partial charge in [0, 0.05) is 13.5 Å². The third-order valence-corrected chi connectivity index (χ3v) is 1.93. The summed E-state index contributed by atoms with van der Waals surface area (Å²) in [5.74, 6) is -0.740. The molecule has 0 saturated heterocycles. The van der Waals surface area contributed by atoms with Crippen LogP contribution < -0.4 is 11.3 Å². The van der Waals surface area contributed by atoms with Gasteiger partial charge in [0.1, 0.15) is 0 Å². The molecule has 19 heavy (non-hydrogen) atoms. The van der Waals surface area contributed by atoms with Crippen molar-refractivity contribution in [2.24, 2.45) is 0 Å². The molecule has 2 heterocycles. The highest BCUT2D eigenvalue weighted by Crippen LogP contribution is 2.07. The van der Waals surface area contributed by atoms with E-state index in [-0.39, 0.29) is 11.5 Å². The number of aliphatic carboxylic acids is 1. The van der Waals surface area contributed by atoms with E-state index in [0.29, 0.717) is 17.7 Å². The van der Waals surface area contributed by atoms with Crippen LogP contribution in [0.4, 0.5) is 5.95 Å². The molecule has 0 bridgehead atoms. The Kier molecular flexibility index (Phi) is 4.41. The Balaban J connectivity index is 0.000000399. The molecular formula is C11H15N5O3. The molecule has 0 aromatic carbocycles. The van der Waals surface area contributed by atoms with Crippen LogP contribution >= 0.6 is 0 Å². The number of allylic oxidation sites excluding steroid dienone is 1. The topological polar surface area (TPSA) is 127 Å². The highest BCUT2D eigenvalue weighted by Gasteiger charge is 2.08. The maximum absolute atomic E-state index is 11.4. The maximum atomic E-state index is 11.4. The maximum Gasteiger partial charge on any atom is 0.300 e. The van der Waals surface area contributed by atoms with Crippen molar-refractivity contribution < 1.29 is 9.90 Å². The average molecular weight is 265 g/mol. The predicted octanol–water partition coefficient (Wildman–Crippen LogP) is 0.369. The molecule has 0 aliphatic heterocycles. The number of nitrogen functional groups attached to an aromatic ring is 1. The Morgan fingerprint density at radius 3 is 2.68 bits per heavy atom. The molecule has 0 aliphatic rings. The van der Waals surface area contributed by atoms with E-state index in [0.717, 1.165) is 12.5 Å². The van der Waals surface area contributed by atoms with Gasteiger partial charge in [0.25, 0.3) is 11.5 Å². The molecule has 4 N–H and O–H groups in total. The Bertz CT molecular complexity index is 667. The zero-order valence-corrected chi connectivity index (χ0v) is 10.7. The van der Waals surface area contributed by atoms with Gasteiger partial charge >= 0.3 is 0 Å². The van der Waals surface area contributed by atoms with Crippen LogP contribution in [-0.4, -0.2) is 30.6 Å². The van der Waals surface area contributed by atoms with Crippen LogP contribution in [0.3, 0.4) is 0 Å². The van der Waals surface area contributed by atoms with Gasteiger partial charge in [-0.1, -0.05) is 12.2 Å². The van der Waals surface area contributed by atoms with Crippen molar-refractivity contribution in [3.63, 3.8) is 0 Å². The van der Waals surface area contributed by atoms with Crippen LogP contribution in [0.25, 0.3) is 11.2 Å². The number of fused-ring (bicyclic) bond motifs is 1. The van der Waals surface area contributed by atoms with Crippen molar-refractivity contribution in [3.05, 3.63) is 28.8 Å². The average Bonchev–Trinajstić information content (AvgIpc) is 2.60. The molecule has 0 saturated carbocycles. The number of aromatic amines is 1. The molecule has 0 unspecified atom stereocenters. The Morgan fingerprint density at radius 1 is 1.58 bits per heavy atom. The number of carboxylic acid groups (broad SMARTS) is 1. The van der Waals surface area contributed by atoms with Crippen LogP contribution in [0.1, 0.15) is 13.8 Å². The number of rotatable bonds is 2. The fourth-order valence-electron chi connectivity index (χ4n) is 1.38. The van der Waals surface area contributed by atoms with Crippen molar-refractivity contribution in [2.75, 3.05) is 5.73 Å². The number of hydrogen-bond donors (Lipinski definition) is 3. The first-order valence-electron chi connectivity index (χ1n) is 5.35. The van der Waals surface area contributed by atoms with Gasteiger partial charge in [-0.2, -0.15) is 4.98 Å². The van der Waals surface area contributed by atoms with E-state index in [2.05, 4.69) is 21.5 Å².